The number of benzene rings is 2. The topological polar surface area (TPSA) is 108 Å². The van der Waals surface area contributed by atoms with Crippen LogP contribution in [0.4, 0.5) is 39.0 Å². The van der Waals surface area contributed by atoms with E-state index in [-0.39, 0.29) is 17.8 Å². The summed E-state index contributed by atoms with van der Waals surface area (Å²) >= 11 is 0. The fourth-order valence-electron chi connectivity index (χ4n) is 3.38. The number of rotatable bonds is 3. The Labute approximate surface area is 209 Å². The van der Waals surface area contributed by atoms with Crippen LogP contribution in [-0.4, -0.2) is 86.1 Å². The first-order valence-electron chi connectivity index (χ1n) is 11.2. The van der Waals surface area contributed by atoms with E-state index >= 15 is 0 Å². The van der Waals surface area contributed by atoms with Crippen molar-refractivity contribution < 1.29 is 31.8 Å². The normalized spacial score (nSPS) is 16.2. The molecule has 2 aromatic carbocycles. The molecular weight excluding hydrogens is 507 g/mol. The molecular formula is C22H27F5N6O4. The van der Waals surface area contributed by atoms with Gasteiger partial charge in [0.15, 0.2) is 17.5 Å². The highest BCUT2D eigenvalue weighted by Gasteiger charge is 2.23. The summed E-state index contributed by atoms with van der Waals surface area (Å²) in [7, 11) is 4.10. The molecule has 0 radical (unpaired) electrons. The van der Waals surface area contributed by atoms with Crippen molar-refractivity contribution >= 4 is 17.1 Å². The first-order valence-corrected chi connectivity index (χ1v) is 11.2. The van der Waals surface area contributed by atoms with E-state index < -0.39 is 50.3 Å². The molecule has 0 aromatic heterocycles. The van der Waals surface area contributed by atoms with Gasteiger partial charge >= 0.3 is 11.4 Å². The maximum Gasteiger partial charge on any atom is 0.307 e. The molecule has 0 amide bonds. The Morgan fingerprint density at radius 2 is 1.08 bits per heavy atom. The van der Waals surface area contributed by atoms with E-state index in [0.29, 0.717) is 19.2 Å². The number of hydrogen-bond acceptors (Lipinski definition) is 8. The molecule has 0 bridgehead atoms. The van der Waals surface area contributed by atoms with E-state index in [1.54, 1.807) is 4.90 Å². The van der Waals surface area contributed by atoms with Crippen LogP contribution >= 0.6 is 0 Å². The minimum absolute atomic E-state index is 0.0891. The lowest BCUT2D eigenvalue weighted by atomic mass is 10.2. The third kappa shape index (κ3) is 8.87. The molecule has 37 heavy (non-hydrogen) atoms. The highest BCUT2D eigenvalue weighted by atomic mass is 19.2. The molecule has 2 heterocycles. The quantitative estimate of drug-likeness (QED) is 0.277. The summed E-state index contributed by atoms with van der Waals surface area (Å²) in [6.45, 7) is 7.39. The number of piperazine rings is 2. The van der Waals surface area contributed by atoms with Gasteiger partial charge in [-0.15, -0.1) is 0 Å². The van der Waals surface area contributed by atoms with Crippen LogP contribution in [-0.2, 0) is 0 Å². The van der Waals surface area contributed by atoms with Gasteiger partial charge in [0, 0.05) is 64.5 Å². The van der Waals surface area contributed by atoms with Crippen molar-refractivity contribution in [3.8, 4) is 0 Å². The van der Waals surface area contributed by atoms with Crippen LogP contribution in [0.1, 0.15) is 0 Å². The zero-order chi connectivity index (χ0) is 27.7. The number of hydrogen-bond donors (Lipinski definition) is 1. The van der Waals surface area contributed by atoms with Crippen LogP contribution in [0.15, 0.2) is 24.3 Å². The van der Waals surface area contributed by atoms with Crippen molar-refractivity contribution in [2.45, 2.75) is 0 Å². The molecule has 0 atom stereocenters. The van der Waals surface area contributed by atoms with E-state index in [0.717, 1.165) is 32.2 Å². The fourth-order valence-corrected chi connectivity index (χ4v) is 3.38. The predicted molar refractivity (Wildman–Crippen MR) is 126 cm³/mol. The molecule has 2 saturated heterocycles. The van der Waals surface area contributed by atoms with E-state index in [1.165, 1.54) is 13.1 Å². The summed E-state index contributed by atoms with van der Waals surface area (Å²) in [4.78, 5) is 24.5. The molecule has 1 N–H and O–H groups in total. The smallest absolute Gasteiger partial charge is 0.307 e. The monoisotopic (exact) mass is 534 g/mol. The van der Waals surface area contributed by atoms with Crippen molar-refractivity contribution in [3.05, 3.63) is 73.6 Å². The second-order valence-electron chi connectivity index (χ2n) is 8.33. The zero-order valence-corrected chi connectivity index (χ0v) is 20.2. The minimum Gasteiger partial charge on any atom is -0.367 e. The second-order valence-corrected chi connectivity index (χ2v) is 8.33. The second kappa shape index (κ2) is 13.8. The van der Waals surface area contributed by atoms with Crippen LogP contribution in [0.2, 0.25) is 0 Å². The standard InChI is InChI=1S/C11H13F2N3O2.C6H2F3NO2.C5H12N2/c1-14-2-4-15(5-3-14)10-6-9(13)11(16(17)18)7-8(10)12;7-3-1-5(9)6(10(11)12)2-4(3)8;1-7-4-2-6-3-5-7/h6-7H,2-5H2,1H3;1-2H;6H,2-5H2,1H3. The lowest BCUT2D eigenvalue weighted by molar-refractivity contribution is -0.387. The van der Waals surface area contributed by atoms with Crippen molar-refractivity contribution in [2.75, 3.05) is 71.4 Å². The van der Waals surface area contributed by atoms with Crippen LogP contribution in [0.3, 0.4) is 0 Å². The molecule has 2 aliphatic rings. The van der Waals surface area contributed by atoms with Crippen LogP contribution in [0, 0.1) is 49.3 Å². The van der Waals surface area contributed by atoms with E-state index in [4.69, 9.17) is 0 Å². The number of nitro benzene ring substituents is 2. The van der Waals surface area contributed by atoms with Gasteiger partial charge in [-0.25, -0.2) is 13.2 Å². The molecule has 0 spiro atoms. The molecule has 4 rings (SSSR count). The Hall–Kier alpha value is -3.43. The number of anilines is 1. The van der Waals surface area contributed by atoms with Gasteiger partial charge < -0.3 is 20.0 Å². The Kier molecular flexibility index (Phi) is 11.1. The maximum absolute atomic E-state index is 13.7. The number of nitrogens with zero attached hydrogens (tertiary/aromatic N) is 5. The molecule has 2 fully saturated rings. The summed E-state index contributed by atoms with van der Waals surface area (Å²) < 4.78 is 64.1. The van der Waals surface area contributed by atoms with Gasteiger partial charge in [0.1, 0.15) is 0 Å². The third-order valence-electron chi connectivity index (χ3n) is 5.58. The number of halogens is 5. The van der Waals surface area contributed by atoms with Gasteiger partial charge in [0.25, 0.3) is 0 Å². The van der Waals surface area contributed by atoms with Crippen molar-refractivity contribution in [1.29, 1.82) is 0 Å². The Balaban J connectivity index is 0.000000217. The zero-order valence-electron chi connectivity index (χ0n) is 20.2. The fraction of sp³-hybridized carbons (Fsp3) is 0.455. The SMILES string of the molecule is CN1CCN(c2cc(F)c([N+](=O)[O-])cc2F)CC1.CN1CCNCC1.O=[N+]([O-])c1cc(F)c(F)cc1F. The third-order valence-corrected chi connectivity index (χ3v) is 5.58. The first kappa shape index (κ1) is 29.8. The Bertz CT molecular complexity index is 1100. The summed E-state index contributed by atoms with van der Waals surface area (Å²) in [5.74, 6) is -6.04. The van der Waals surface area contributed by atoms with Gasteiger partial charge in [-0.3, -0.25) is 20.2 Å². The summed E-state index contributed by atoms with van der Waals surface area (Å²) in [6, 6.07) is 1.87. The molecule has 2 aliphatic heterocycles. The molecule has 0 unspecified atom stereocenters. The van der Waals surface area contributed by atoms with Gasteiger partial charge in [-0.1, -0.05) is 0 Å². The molecule has 10 nitrogen and oxygen atoms in total. The highest BCUT2D eigenvalue weighted by molar-refractivity contribution is 5.53. The molecule has 15 heteroatoms. The van der Waals surface area contributed by atoms with E-state index in [2.05, 4.69) is 22.2 Å². The van der Waals surface area contributed by atoms with Gasteiger partial charge in [-0.05, 0) is 14.1 Å². The summed E-state index contributed by atoms with van der Waals surface area (Å²) in [6.07, 6.45) is 0. The van der Waals surface area contributed by atoms with E-state index in [1.807, 2.05) is 7.05 Å². The lowest BCUT2D eigenvalue weighted by Gasteiger charge is -2.34. The minimum atomic E-state index is -1.45. The van der Waals surface area contributed by atoms with Crippen molar-refractivity contribution in [1.82, 2.24) is 15.1 Å². The Morgan fingerprint density at radius 3 is 1.54 bits per heavy atom. The average Bonchev–Trinajstić information content (AvgIpc) is 2.84. The van der Waals surface area contributed by atoms with Crippen LogP contribution in [0.5, 0.6) is 0 Å². The first-order chi connectivity index (χ1) is 17.4. The molecule has 0 aliphatic carbocycles. The van der Waals surface area contributed by atoms with Gasteiger partial charge in [-0.2, -0.15) is 8.78 Å². The number of likely N-dealkylation sites (N-methyl/N-ethyl adjacent to an activating group) is 2. The van der Waals surface area contributed by atoms with Crippen molar-refractivity contribution in [3.63, 3.8) is 0 Å². The van der Waals surface area contributed by atoms with Gasteiger partial charge in [0.05, 0.1) is 27.7 Å². The Morgan fingerprint density at radius 1 is 0.649 bits per heavy atom. The predicted octanol–water partition coefficient (Wildman–Crippen LogP) is 3.16. The average molecular weight is 534 g/mol. The summed E-state index contributed by atoms with van der Waals surface area (Å²) in [5, 5.41) is 23.7. The lowest BCUT2D eigenvalue weighted by Crippen LogP contribution is -2.44. The maximum atomic E-state index is 13.7. The molecule has 204 valence electrons. The summed E-state index contributed by atoms with van der Waals surface area (Å²) in [5.41, 5.74) is -1.81. The van der Waals surface area contributed by atoms with E-state index in [9.17, 15) is 42.2 Å². The number of nitrogens with one attached hydrogen (secondary N) is 1. The van der Waals surface area contributed by atoms with Crippen molar-refractivity contribution in [2.24, 2.45) is 0 Å². The largest absolute Gasteiger partial charge is 0.367 e. The van der Waals surface area contributed by atoms with Crippen LogP contribution in [0.25, 0.3) is 0 Å². The van der Waals surface area contributed by atoms with Crippen LogP contribution < -0.4 is 10.2 Å². The molecule has 2 aromatic rings. The van der Waals surface area contributed by atoms with Gasteiger partial charge in [0.2, 0.25) is 11.6 Å². The highest BCUT2D eigenvalue weighted by Crippen LogP contribution is 2.28. The number of nitro groups is 2. The molecule has 0 saturated carbocycles.